The molecule has 2 heterocycles. The normalized spacial score (nSPS) is 30.5. The van der Waals surface area contributed by atoms with E-state index in [1.165, 1.54) is 0 Å². The number of hydrogen-bond acceptors (Lipinski definition) is 3. The molecule has 0 amide bonds. The second-order valence-corrected chi connectivity index (χ2v) is 3.37. The van der Waals surface area contributed by atoms with Gasteiger partial charge in [-0.05, 0) is 12.8 Å². The Kier molecular flexibility index (Phi) is 2.11. The van der Waals surface area contributed by atoms with E-state index in [0.29, 0.717) is 0 Å². The zero-order chi connectivity index (χ0) is 7.57. The third kappa shape index (κ3) is 1.55. The molecule has 1 spiro atoms. The molecular weight excluding hydrogens is 142 g/mol. The van der Waals surface area contributed by atoms with Gasteiger partial charge in [-0.25, -0.2) is 0 Å². The first-order chi connectivity index (χ1) is 5.41. The summed E-state index contributed by atoms with van der Waals surface area (Å²) in [6.07, 6.45) is 2.21. The third-order valence-corrected chi connectivity index (χ3v) is 2.57. The van der Waals surface area contributed by atoms with Gasteiger partial charge in [0.15, 0.2) is 0 Å². The van der Waals surface area contributed by atoms with E-state index < -0.39 is 0 Å². The van der Waals surface area contributed by atoms with Crippen molar-refractivity contribution in [1.82, 2.24) is 5.32 Å². The van der Waals surface area contributed by atoms with Crippen LogP contribution in [0.15, 0.2) is 0 Å². The minimum atomic E-state index is 0.260. The Balaban J connectivity index is 1.94. The van der Waals surface area contributed by atoms with Crippen molar-refractivity contribution in [2.75, 3.05) is 33.0 Å². The molecule has 0 aromatic heterocycles. The molecule has 0 radical (unpaired) electrons. The van der Waals surface area contributed by atoms with Crippen molar-refractivity contribution in [2.45, 2.75) is 18.4 Å². The van der Waals surface area contributed by atoms with Gasteiger partial charge < -0.3 is 14.8 Å². The van der Waals surface area contributed by atoms with Gasteiger partial charge in [0.2, 0.25) is 0 Å². The molecular formula is C8H15NO2. The molecule has 0 bridgehead atoms. The molecule has 3 nitrogen and oxygen atoms in total. The molecule has 1 N–H and O–H groups in total. The Labute approximate surface area is 67.1 Å². The summed E-state index contributed by atoms with van der Waals surface area (Å²) in [7, 11) is 0. The summed E-state index contributed by atoms with van der Waals surface area (Å²) in [6.45, 7) is 4.51. The molecule has 0 aromatic rings. The lowest BCUT2D eigenvalue weighted by molar-refractivity contribution is -0.0371. The molecule has 2 rings (SSSR count). The van der Waals surface area contributed by atoms with E-state index in [-0.39, 0.29) is 5.54 Å². The van der Waals surface area contributed by atoms with Gasteiger partial charge in [0.05, 0.1) is 13.2 Å². The van der Waals surface area contributed by atoms with Crippen molar-refractivity contribution in [3.8, 4) is 0 Å². The first-order valence-corrected chi connectivity index (χ1v) is 4.32. The molecule has 3 heteroatoms. The van der Waals surface area contributed by atoms with Crippen molar-refractivity contribution in [2.24, 2.45) is 0 Å². The largest absolute Gasteiger partial charge is 0.381 e. The maximum Gasteiger partial charge on any atom is 0.0650 e. The quantitative estimate of drug-likeness (QED) is 0.543. The van der Waals surface area contributed by atoms with E-state index in [0.717, 1.165) is 45.8 Å². The molecule has 2 aliphatic rings. The van der Waals surface area contributed by atoms with Gasteiger partial charge in [-0.15, -0.1) is 0 Å². The molecule has 0 aliphatic carbocycles. The van der Waals surface area contributed by atoms with E-state index in [9.17, 15) is 0 Å². The van der Waals surface area contributed by atoms with Crippen LogP contribution in [0.4, 0.5) is 0 Å². The van der Waals surface area contributed by atoms with Crippen LogP contribution in [0.3, 0.4) is 0 Å². The Bertz CT molecular complexity index is 107. The second kappa shape index (κ2) is 3.09. The lowest BCUT2D eigenvalue weighted by Crippen LogP contribution is -2.56. The predicted octanol–water partition coefficient (Wildman–Crippen LogP) is 0.155. The number of rotatable bonds is 0. The lowest BCUT2D eigenvalue weighted by Gasteiger charge is -2.40. The van der Waals surface area contributed by atoms with E-state index in [2.05, 4.69) is 5.32 Å². The zero-order valence-electron chi connectivity index (χ0n) is 6.77. The van der Waals surface area contributed by atoms with E-state index in [1.54, 1.807) is 0 Å². The van der Waals surface area contributed by atoms with Crippen molar-refractivity contribution < 1.29 is 9.47 Å². The summed E-state index contributed by atoms with van der Waals surface area (Å²) in [5.41, 5.74) is 0.260. The molecule has 0 unspecified atom stereocenters. The molecule has 64 valence electrons. The fourth-order valence-corrected chi connectivity index (χ4v) is 1.79. The maximum absolute atomic E-state index is 5.44. The fourth-order valence-electron chi connectivity index (χ4n) is 1.79. The lowest BCUT2D eigenvalue weighted by atomic mass is 9.90. The zero-order valence-corrected chi connectivity index (χ0v) is 6.77. The van der Waals surface area contributed by atoms with Crippen LogP contribution in [-0.4, -0.2) is 38.5 Å². The highest BCUT2D eigenvalue weighted by Gasteiger charge is 2.33. The van der Waals surface area contributed by atoms with Crippen LogP contribution in [0.25, 0.3) is 0 Å². The van der Waals surface area contributed by atoms with Gasteiger partial charge in [-0.2, -0.15) is 0 Å². The summed E-state index contributed by atoms with van der Waals surface area (Å²) >= 11 is 0. The Hall–Kier alpha value is -0.120. The molecule has 2 fully saturated rings. The monoisotopic (exact) mass is 157 g/mol. The van der Waals surface area contributed by atoms with Crippen LogP contribution in [0.2, 0.25) is 0 Å². The van der Waals surface area contributed by atoms with Gasteiger partial charge in [-0.1, -0.05) is 0 Å². The predicted molar refractivity (Wildman–Crippen MR) is 41.6 cm³/mol. The number of hydrogen-bond donors (Lipinski definition) is 1. The SMILES string of the molecule is C1COCC2(CCOCC2)N1. The summed E-state index contributed by atoms with van der Waals surface area (Å²) in [5, 5.41) is 3.53. The van der Waals surface area contributed by atoms with Crippen molar-refractivity contribution in [1.29, 1.82) is 0 Å². The minimum Gasteiger partial charge on any atom is -0.381 e. The van der Waals surface area contributed by atoms with Gasteiger partial charge in [0, 0.05) is 25.3 Å². The van der Waals surface area contributed by atoms with Crippen LogP contribution < -0.4 is 5.32 Å². The van der Waals surface area contributed by atoms with Crippen LogP contribution in [0, 0.1) is 0 Å². The smallest absolute Gasteiger partial charge is 0.0650 e. The van der Waals surface area contributed by atoms with Crippen molar-refractivity contribution in [3.63, 3.8) is 0 Å². The van der Waals surface area contributed by atoms with Crippen LogP contribution in [0.5, 0.6) is 0 Å². The molecule has 2 saturated heterocycles. The summed E-state index contributed by atoms with van der Waals surface area (Å²) < 4.78 is 10.7. The minimum absolute atomic E-state index is 0.260. The summed E-state index contributed by atoms with van der Waals surface area (Å²) in [5.74, 6) is 0. The average Bonchev–Trinajstić information content (AvgIpc) is 2.07. The van der Waals surface area contributed by atoms with Gasteiger partial charge in [-0.3, -0.25) is 0 Å². The summed E-state index contributed by atoms with van der Waals surface area (Å²) in [4.78, 5) is 0. The van der Waals surface area contributed by atoms with E-state index in [4.69, 9.17) is 9.47 Å². The number of ether oxygens (including phenoxy) is 2. The maximum atomic E-state index is 5.44. The number of nitrogens with one attached hydrogen (secondary N) is 1. The van der Waals surface area contributed by atoms with Gasteiger partial charge in [0.1, 0.15) is 0 Å². The molecule has 0 saturated carbocycles. The van der Waals surface area contributed by atoms with Crippen molar-refractivity contribution >= 4 is 0 Å². The Morgan fingerprint density at radius 2 is 1.82 bits per heavy atom. The van der Waals surface area contributed by atoms with E-state index >= 15 is 0 Å². The average molecular weight is 157 g/mol. The Morgan fingerprint density at radius 3 is 2.45 bits per heavy atom. The second-order valence-electron chi connectivity index (χ2n) is 3.37. The number of morpholine rings is 1. The standard InChI is InChI=1S/C8H15NO2/c1-4-10-5-2-8(1)7-11-6-3-9-8/h9H,1-7H2. The van der Waals surface area contributed by atoms with E-state index in [1.807, 2.05) is 0 Å². The van der Waals surface area contributed by atoms with Gasteiger partial charge in [0.25, 0.3) is 0 Å². The van der Waals surface area contributed by atoms with Crippen LogP contribution in [-0.2, 0) is 9.47 Å². The molecule has 0 atom stereocenters. The van der Waals surface area contributed by atoms with Crippen molar-refractivity contribution in [3.05, 3.63) is 0 Å². The first-order valence-electron chi connectivity index (χ1n) is 4.32. The highest BCUT2D eigenvalue weighted by molar-refractivity contribution is 4.91. The van der Waals surface area contributed by atoms with Crippen LogP contribution >= 0.6 is 0 Å². The fraction of sp³-hybridized carbons (Fsp3) is 1.00. The van der Waals surface area contributed by atoms with Crippen LogP contribution in [0.1, 0.15) is 12.8 Å². The third-order valence-electron chi connectivity index (χ3n) is 2.57. The molecule has 0 aromatic carbocycles. The summed E-state index contributed by atoms with van der Waals surface area (Å²) in [6, 6.07) is 0. The highest BCUT2D eigenvalue weighted by Crippen LogP contribution is 2.22. The molecule has 11 heavy (non-hydrogen) atoms. The highest BCUT2D eigenvalue weighted by atomic mass is 16.5. The molecule has 2 aliphatic heterocycles. The van der Waals surface area contributed by atoms with Gasteiger partial charge >= 0.3 is 0 Å². The first kappa shape index (κ1) is 7.53. The topological polar surface area (TPSA) is 30.5 Å². The Morgan fingerprint density at radius 1 is 1.00 bits per heavy atom.